The topological polar surface area (TPSA) is 64.1 Å². The molecule has 0 aliphatic heterocycles. The van der Waals surface area contributed by atoms with Gasteiger partial charge in [-0.1, -0.05) is 12.1 Å². The number of H-pyrrole nitrogens is 1. The number of carbonyl (C=O) groups is 1. The van der Waals surface area contributed by atoms with Crippen LogP contribution in [0.25, 0.3) is 11.0 Å². The van der Waals surface area contributed by atoms with Gasteiger partial charge in [0.15, 0.2) is 0 Å². The number of nitrogens with zero attached hydrogens (tertiary/aromatic N) is 1. The minimum Gasteiger partial charge on any atom is -0.462 e. The average Bonchev–Trinajstić information content (AvgIpc) is 2.93. The van der Waals surface area contributed by atoms with Crippen LogP contribution in [-0.4, -0.2) is 22.1 Å². The number of alkyl halides is 3. The molecule has 0 fully saturated rings. The molecule has 0 amide bonds. The number of ether oxygens (including phenoxy) is 1. The van der Waals surface area contributed by atoms with E-state index in [-0.39, 0.29) is 17.9 Å². The van der Waals surface area contributed by atoms with Crippen LogP contribution in [0.15, 0.2) is 53.3 Å². The summed E-state index contributed by atoms with van der Waals surface area (Å²) in [6.07, 6.45) is -4.05. The molecule has 0 saturated carbocycles. The van der Waals surface area contributed by atoms with Crippen LogP contribution in [-0.2, 0) is 17.5 Å². The van der Waals surface area contributed by atoms with E-state index < -0.39 is 17.7 Å². The number of aryl methyl sites for hydroxylation is 1. The minimum absolute atomic E-state index is 0.0438. The van der Waals surface area contributed by atoms with Gasteiger partial charge >= 0.3 is 17.8 Å². The van der Waals surface area contributed by atoms with Crippen LogP contribution in [0, 0.1) is 0 Å². The number of esters is 1. The summed E-state index contributed by atoms with van der Waals surface area (Å²) in [4.78, 5) is 26.5. The molecule has 26 heavy (non-hydrogen) atoms. The number of carbonyl (C=O) groups excluding carboxylic acids is 1. The lowest BCUT2D eigenvalue weighted by molar-refractivity contribution is -0.137. The van der Waals surface area contributed by atoms with Gasteiger partial charge in [0.1, 0.15) is 0 Å². The van der Waals surface area contributed by atoms with E-state index in [1.54, 1.807) is 16.7 Å². The average molecular weight is 364 g/mol. The summed E-state index contributed by atoms with van der Waals surface area (Å²) in [7, 11) is 0. The molecule has 0 bridgehead atoms. The molecule has 0 saturated heterocycles. The maximum atomic E-state index is 12.5. The first-order chi connectivity index (χ1) is 12.4. The van der Waals surface area contributed by atoms with Gasteiger partial charge in [-0.3, -0.25) is 4.57 Å². The molecule has 2 aromatic carbocycles. The summed E-state index contributed by atoms with van der Waals surface area (Å²) < 4.78 is 44.1. The predicted octanol–water partition coefficient (Wildman–Crippen LogP) is 3.60. The highest BCUT2D eigenvalue weighted by molar-refractivity contribution is 5.89. The van der Waals surface area contributed by atoms with Gasteiger partial charge < -0.3 is 9.72 Å². The van der Waals surface area contributed by atoms with E-state index in [0.29, 0.717) is 13.0 Å². The second-order valence-electron chi connectivity index (χ2n) is 5.66. The molecule has 1 N–H and O–H groups in total. The smallest absolute Gasteiger partial charge is 0.416 e. The molecule has 8 heteroatoms. The zero-order valence-corrected chi connectivity index (χ0v) is 13.5. The number of para-hydroxylation sites is 2. The highest BCUT2D eigenvalue weighted by Gasteiger charge is 2.30. The first-order valence-corrected chi connectivity index (χ1v) is 7.88. The fourth-order valence-corrected chi connectivity index (χ4v) is 2.59. The SMILES string of the molecule is O=C(OCCCn1c(=O)[nH]c2ccccc21)c1ccc(C(F)(F)F)cc1. The third-order valence-corrected chi connectivity index (χ3v) is 3.89. The Labute approximate surface area is 146 Å². The van der Waals surface area contributed by atoms with Crippen molar-refractivity contribution in [2.24, 2.45) is 0 Å². The van der Waals surface area contributed by atoms with Crippen molar-refractivity contribution in [2.75, 3.05) is 6.61 Å². The number of fused-ring (bicyclic) bond motifs is 1. The molecule has 5 nitrogen and oxygen atoms in total. The van der Waals surface area contributed by atoms with Crippen molar-refractivity contribution in [2.45, 2.75) is 19.1 Å². The minimum atomic E-state index is -4.45. The summed E-state index contributed by atoms with van der Waals surface area (Å²) in [5, 5.41) is 0. The maximum Gasteiger partial charge on any atom is 0.416 e. The van der Waals surface area contributed by atoms with E-state index in [2.05, 4.69) is 4.98 Å². The van der Waals surface area contributed by atoms with E-state index in [4.69, 9.17) is 4.74 Å². The van der Waals surface area contributed by atoms with Crippen molar-refractivity contribution in [1.29, 1.82) is 0 Å². The van der Waals surface area contributed by atoms with Crippen molar-refractivity contribution >= 4 is 17.0 Å². The summed E-state index contributed by atoms with van der Waals surface area (Å²) >= 11 is 0. The Hall–Kier alpha value is -3.03. The zero-order valence-electron chi connectivity index (χ0n) is 13.5. The van der Waals surface area contributed by atoms with Crippen LogP contribution in [0.4, 0.5) is 13.2 Å². The van der Waals surface area contributed by atoms with Crippen LogP contribution >= 0.6 is 0 Å². The Kier molecular flexibility index (Phi) is 4.83. The second kappa shape index (κ2) is 7.07. The molecule has 1 aromatic heterocycles. The van der Waals surface area contributed by atoms with Crippen molar-refractivity contribution in [3.63, 3.8) is 0 Å². The predicted molar refractivity (Wildman–Crippen MR) is 88.9 cm³/mol. The van der Waals surface area contributed by atoms with Crippen molar-refractivity contribution in [1.82, 2.24) is 9.55 Å². The Morgan fingerprint density at radius 2 is 1.77 bits per heavy atom. The fourth-order valence-electron chi connectivity index (χ4n) is 2.59. The molecular weight excluding hydrogens is 349 g/mol. The Morgan fingerprint density at radius 3 is 2.46 bits per heavy atom. The number of aromatic amines is 1. The van der Waals surface area contributed by atoms with Gasteiger partial charge in [-0.15, -0.1) is 0 Å². The molecule has 0 radical (unpaired) electrons. The van der Waals surface area contributed by atoms with Crippen molar-refractivity contribution < 1.29 is 22.7 Å². The van der Waals surface area contributed by atoms with E-state index in [1.165, 1.54) is 0 Å². The molecule has 0 spiro atoms. The van der Waals surface area contributed by atoms with Gasteiger partial charge in [0, 0.05) is 6.54 Å². The van der Waals surface area contributed by atoms with Gasteiger partial charge in [-0.2, -0.15) is 13.2 Å². The van der Waals surface area contributed by atoms with Crippen molar-refractivity contribution in [3.05, 3.63) is 70.1 Å². The van der Waals surface area contributed by atoms with E-state index in [9.17, 15) is 22.8 Å². The van der Waals surface area contributed by atoms with Crippen LogP contribution in [0.1, 0.15) is 22.3 Å². The monoisotopic (exact) mass is 364 g/mol. The quantitative estimate of drug-likeness (QED) is 0.556. The van der Waals surface area contributed by atoms with E-state index in [1.807, 2.05) is 12.1 Å². The molecule has 3 aromatic rings. The largest absolute Gasteiger partial charge is 0.462 e. The number of hydrogen-bond donors (Lipinski definition) is 1. The summed E-state index contributed by atoms with van der Waals surface area (Å²) in [5.41, 5.74) is 0.445. The number of rotatable bonds is 5. The molecule has 0 unspecified atom stereocenters. The van der Waals surface area contributed by atoms with Gasteiger partial charge in [0.25, 0.3) is 0 Å². The van der Waals surface area contributed by atoms with Crippen LogP contribution in [0.5, 0.6) is 0 Å². The van der Waals surface area contributed by atoms with Gasteiger partial charge in [-0.05, 0) is 42.8 Å². The number of halogens is 3. The number of aromatic nitrogens is 2. The number of nitrogens with one attached hydrogen (secondary N) is 1. The zero-order chi connectivity index (χ0) is 18.7. The lowest BCUT2D eigenvalue weighted by Crippen LogP contribution is -2.18. The maximum absolute atomic E-state index is 12.5. The van der Waals surface area contributed by atoms with Gasteiger partial charge in [-0.25, -0.2) is 9.59 Å². The van der Waals surface area contributed by atoms with E-state index in [0.717, 1.165) is 35.3 Å². The van der Waals surface area contributed by atoms with Crippen LogP contribution in [0.3, 0.4) is 0 Å². The number of hydrogen-bond acceptors (Lipinski definition) is 3. The Balaban J connectivity index is 1.55. The van der Waals surface area contributed by atoms with E-state index >= 15 is 0 Å². The summed E-state index contributed by atoms with van der Waals surface area (Å²) in [6.45, 7) is 0.398. The highest BCUT2D eigenvalue weighted by Crippen LogP contribution is 2.29. The summed E-state index contributed by atoms with van der Waals surface area (Å²) in [5.74, 6) is -0.704. The molecule has 1 heterocycles. The first-order valence-electron chi connectivity index (χ1n) is 7.88. The van der Waals surface area contributed by atoms with Gasteiger partial charge in [0.05, 0.1) is 28.8 Å². The lowest BCUT2D eigenvalue weighted by Gasteiger charge is -2.08. The summed E-state index contributed by atoms with van der Waals surface area (Å²) in [6, 6.07) is 11.1. The Bertz CT molecular complexity index is 972. The molecule has 0 atom stereocenters. The molecule has 136 valence electrons. The first kappa shape index (κ1) is 17.8. The highest BCUT2D eigenvalue weighted by atomic mass is 19.4. The third-order valence-electron chi connectivity index (χ3n) is 3.89. The van der Waals surface area contributed by atoms with Crippen LogP contribution in [0.2, 0.25) is 0 Å². The second-order valence-corrected chi connectivity index (χ2v) is 5.66. The third kappa shape index (κ3) is 3.79. The normalized spacial score (nSPS) is 11.7. The van der Waals surface area contributed by atoms with Crippen molar-refractivity contribution in [3.8, 4) is 0 Å². The lowest BCUT2D eigenvalue weighted by atomic mass is 10.1. The number of benzene rings is 2. The number of imidazole rings is 1. The standard InChI is InChI=1S/C18H15F3N2O3/c19-18(20,21)13-8-6-12(7-9-13)16(24)26-11-3-10-23-15-5-2-1-4-14(15)22-17(23)25/h1-2,4-9H,3,10-11H2,(H,22,25). The molecule has 0 aliphatic carbocycles. The fraction of sp³-hybridized carbons (Fsp3) is 0.222. The molecule has 3 rings (SSSR count). The molecular formula is C18H15F3N2O3. The molecule has 0 aliphatic rings. The van der Waals surface area contributed by atoms with Gasteiger partial charge in [0.2, 0.25) is 0 Å². The Morgan fingerprint density at radius 1 is 1.08 bits per heavy atom. The van der Waals surface area contributed by atoms with Crippen LogP contribution < -0.4 is 5.69 Å².